The Morgan fingerprint density at radius 1 is 1.39 bits per heavy atom. The maximum absolute atomic E-state index is 6.04. The molecule has 1 heterocycles. The van der Waals surface area contributed by atoms with Gasteiger partial charge in [-0.3, -0.25) is 4.98 Å². The third kappa shape index (κ3) is 3.70. The van der Waals surface area contributed by atoms with Crippen LogP contribution in [0.3, 0.4) is 0 Å². The molecule has 2 atom stereocenters. The number of ether oxygens (including phenoxy) is 1. The standard InChI is InChI=1S/C15H24N2O/c1-3-12-5-4-6-14(9-12)18-15-8-7-13(10-16-2)17-11-15/h7-8,11-12,14,16H,3-6,9-10H2,1-2H3. The van der Waals surface area contributed by atoms with Crippen molar-refractivity contribution in [1.82, 2.24) is 10.3 Å². The van der Waals surface area contributed by atoms with Gasteiger partial charge in [-0.05, 0) is 44.4 Å². The lowest BCUT2D eigenvalue weighted by Crippen LogP contribution is -2.25. The molecule has 3 nitrogen and oxygen atoms in total. The van der Waals surface area contributed by atoms with Crippen LogP contribution in [0.1, 0.15) is 44.7 Å². The minimum absolute atomic E-state index is 0.389. The van der Waals surface area contributed by atoms with Gasteiger partial charge in [0.2, 0.25) is 0 Å². The fourth-order valence-electron chi connectivity index (χ4n) is 2.68. The summed E-state index contributed by atoms with van der Waals surface area (Å²) in [6, 6.07) is 4.07. The second kappa shape index (κ2) is 6.74. The number of nitrogens with one attached hydrogen (secondary N) is 1. The van der Waals surface area contributed by atoms with Crippen molar-refractivity contribution < 1.29 is 4.74 Å². The zero-order valence-electron chi connectivity index (χ0n) is 11.5. The molecule has 18 heavy (non-hydrogen) atoms. The Kier molecular flexibility index (Phi) is 5.00. The van der Waals surface area contributed by atoms with Crippen molar-refractivity contribution in [2.75, 3.05) is 7.05 Å². The SMILES string of the molecule is CCC1CCCC(Oc2ccc(CNC)nc2)C1. The maximum atomic E-state index is 6.04. The van der Waals surface area contributed by atoms with Gasteiger partial charge in [0, 0.05) is 6.54 Å². The summed E-state index contributed by atoms with van der Waals surface area (Å²) in [6.07, 6.45) is 8.58. The zero-order valence-corrected chi connectivity index (χ0v) is 11.5. The van der Waals surface area contributed by atoms with Gasteiger partial charge in [-0.25, -0.2) is 0 Å². The van der Waals surface area contributed by atoms with Gasteiger partial charge in [0.1, 0.15) is 5.75 Å². The Morgan fingerprint density at radius 2 is 2.28 bits per heavy atom. The van der Waals surface area contributed by atoms with Crippen molar-refractivity contribution in [3.8, 4) is 5.75 Å². The summed E-state index contributed by atoms with van der Waals surface area (Å²) >= 11 is 0. The summed E-state index contributed by atoms with van der Waals surface area (Å²) in [6.45, 7) is 3.09. The molecule has 1 aromatic rings. The summed E-state index contributed by atoms with van der Waals surface area (Å²) in [5.74, 6) is 1.76. The molecule has 2 rings (SSSR count). The average molecular weight is 248 g/mol. The van der Waals surface area contributed by atoms with Crippen LogP contribution in [0.4, 0.5) is 0 Å². The monoisotopic (exact) mass is 248 g/mol. The van der Waals surface area contributed by atoms with Crippen LogP contribution in [0.15, 0.2) is 18.3 Å². The van der Waals surface area contributed by atoms with Gasteiger partial charge < -0.3 is 10.1 Å². The van der Waals surface area contributed by atoms with Gasteiger partial charge in [-0.15, -0.1) is 0 Å². The highest BCUT2D eigenvalue weighted by Gasteiger charge is 2.21. The van der Waals surface area contributed by atoms with Crippen LogP contribution >= 0.6 is 0 Å². The van der Waals surface area contributed by atoms with Gasteiger partial charge in [0.25, 0.3) is 0 Å². The molecule has 2 unspecified atom stereocenters. The summed E-state index contributed by atoms with van der Waals surface area (Å²) in [7, 11) is 1.93. The number of pyridine rings is 1. The first-order chi connectivity index (χ1) is 8.81. The van der Waals surface area contributed by atoms with Gasteiger partial charge in [0.15, 0.2) is 0 Å². The van der Waals surface area contributed by atoms with E-state index in [1.165, 1.54) is 32.1 Å². The lowest BCUT2D eigenvalue weighted by molar-refractivity contribution is 0.121. The fraction of sp³-hybridized carbons (Fsp3) is 0.667. The van der Waals surface area contributed by atoms with Crippen LogP contribution in [-0.2, 0) is 6.54 Å². The van der Waals surface area contributed by atoms with E-state index in [4.69, 9.17) is 4.74 Å². The highest BCUT2D eigenvalue weighted by molar-refractivity contribution is 5.20. The molecule has 1 aliphatic rings. The molecule has 1 aromatic heterocycles. The van der Waals surface area contributed by atoms with Crippen molar-refractivity contribution in [1.29, 1.82) is 0 Å². The predicted octanol–water partition coefficient (Wildman–Crippen LogP) is 3.15. The van der Waals surface area contributed by atoms with E-state index in [0.717, 1.165) is 23.9 Å². The van der Waals surface area contributed by atoms with Crippen molar-refractivity contribution in [2.24, 2.45) is 5.92 Å². The average Bonchev–Trinajstić information content (AvgIpc) is 2.42. The van der Waals surface area contributed by atoms with E-state index in [9.17, 15) is 0 Å². The van der Waals surface area contributed by atoms with E-state index in [2.05, 4.69) is 17.2 Å². The second-order valence-corrected chi connectivity index (χ2v) is 5.20. The first-order valence-corrected chi connectivity index (χ1v) is 7.08. The molecule has 1 aliphatic carbocycles. The smallest absolute Gasteiger partial charge is 0.138 e. The van der Waals surface area contributed by atoms with Crippen LogP contribution < -0.4 is 10.1 Å². The van der Waals surface area contributed by atoms with Gasteiger partial charge in [-0.2, -0.15) is 0 Å². The molecular weight excluding hydrogens is 224 g/mol. The number of hydrogen-bond acceptors (Lipinski definition) is 3. The molecule has 0 spiro atoms. The highest BCUT2D eigenvalue weighted by atomic mass is 16.5. The van der Waals surface area contributed by atoms with Crippen molar-refractivity contribution in [3.05, 3.63) is 24.0 Å². The molecular formula is C15H24N2O. The molecule has 0 amide bonds. The van der Waals surface area contributed by atoms with Gasteiger partial charge >= 0.3 is 0 Å². The van der Waals surface area contributed by atoms with E-state index in [1.807, 2.05) is 25.4 Å². The number of nitrogens with zero attached hydrogens (tertiary/aromatic N) is 1. The minimum atomic E-state index is 0.389. The molecule has 1 fully saturated rings. The van der Waals surface area contributed by atoms with Crippen LogP contribution in [0.2, 0.25) is 0 Å². The van der Waals surface area contributed by atoms with Gasteiger partial charge in [0.05, 0.1) is 18.0 Å². The van der Waals surface area contributed by atoms with E-state index < -0.39 is 0 Å². The molecule has 100 valence electrons. The molecule has 0 aromatic carbocycles. The Morgan fingerprint density at radius 3 is 2.94 bits per heavy atom. The molecule has 1 N–H and O–H groups in total. The first kappa shape index (κ1) is 13.3. The Labute approximate surface area is 110 Å². The van der Waals surface area contributed by atoms with Gasteiger partial charge in [-0.1, -0.05) is 19.8 Å². The lowest BCUT2D eigenvalue weighted by Gasteiger charge is -2.28. The quantitative estimate of drug-likeness (QED) is 0.869. The first-order valence-electron chi connectivity index (χ1n) is 7.08. The van der Waals surface area contributed by atoms with Crippen LogP contribution in [0.5, 0.6) is 5.75 Å². The van der Waals surface area contributed by atoms with Crippen LogP contribution in [-0.4, -0.2) is 18.1 Å². The summed E-state index contributed by atoms with van der Waals surface area (Å²) in [5.41, 5.74) is 1.06. The molecule has 0 saturated heterocycles. The molecule has 3 heteroatoms. The van der Waals surface area contributed by atoms with Crippen LogP contribution in [0, 0.1) is 5.92 Å². The van der Waals surface area contributed by atoms with E-state index in [-0.39, 0.29) is 0 Å². The van der Waals surface area contributed by atoms with E-state index >= 15 is 0 Å². The van der Waals surface area contributed by atoms with Crippen molar-refractivity contribution in [2.45, 2.75) is 51.7 Å². The summed E-state index contributed by atoms with van der Waals surface area (Å²) < 4.78 is 6.04. The topological polar surface area (TPSA) is 34.1 Å². The Balaban J connectivity index is 1.88. The second-order valence-electron chi connectivity index (χ2n) is 5.20. The minimum Gasteiger partial charge on any atom is -0.489 e. The van der Waals surface area contributed by atoms with Crippen molar-refractivity contribution >= 4 is 0 Å². The number of hydrogen-bond donors (Lipinski definition) is 1. The lowest BCUT2D eigenvalue weighted by atomic mass is 9.85. The molecule has 0 bridgehead atoms. The van der Waals surface area contributed by atoms with Crippen molar-refractivity contribution in [3.63, 3.8) is 0 Å². The predicted molar refractivity (Wildman–Crippen MR) is 73.7 cm³/mol. The summed E-state index contributed by atoms with van der Waals surface area (Å²) in [4.78, 5) is 4.39. The largest absolute Gasteiger partial charge is 0.489 e. The fourth-order valence-corrected chi connectivity index (χ4v) is 2.68. The molecule has 1 saturated carbocycles. The normalized spacial score (nSPS) is 23.9. The molecule has 0 aliphatic heterocycles. The third-order valence-corrected chi connectivity index (χ3v) is 3.77. The highest BCUT2D eigenvalue weighted by Crippen LogP contribution is 2.29. The van der Waals surface area contributed by atoms with E-state index in [1.54, 1.807) is 0 Å². The van der Waals surface area contributed by atoms with Crippen LogP contribution in [0.25, 0.3) is 0 Å². The number of aromatic nitrogens is 1. The number of rotatable bonds is 5. The van der Waals surface area contributed by atoms with E-state index in [0.29, 0.717) is 6.10 Å². The zero-order chi connectivity index (χ0) is 12.8. The maximum Gasteiger partial charge on any atom is 0.138 e. The Bertz CT molecular complexity index is 350. The third-order valence-electron chi connectivity index (χ3n) is 3.77. The molecule has 0 radical (unpaired) electrons. The summed E-state index contributed by atoms with van der Waals surface area (Å²) in [5, 5.41) is 3.09. The Hall–Kier alpha value is -1.09.